The molecule has 2 saturated heterocycles. The number of methoxy groups -OCH3 is 1. The number of rotatable bonds is 7. The Bertz CT molecular complexity index is 758. The van der Waals surface area contributed by atoms with Gasteiger partial charge < -0.3 is 20.3 Å². The zero-order chi connectivity index (χ0) is 21.0. The minimum Gasteiger partial charge on any atom is -0.497 e. The predicted octanol–water partition coefficient (Wildman–Crippen LogP) is 1.31. The van der Waals surface area contributed by atoms with Crippen LogP contribution in [0.2, 0.25) is 0 Å². The molecule has 3 rings (SSSR count). The average molecular weight is 402 g/mol. The molecular formula is C21H30N4O4. The molecule has 0 bridgehead atoms. The number of amides is 4. The van der Waals surface area contributed by atoms with E-state index in [2.05, 4.69) is 22.6 Å². The summed E-state index contributed by atoms with van der Waals surface area (Å²) in [6.07, 6.45) is 3.20. The summed E-state index contributed by atoms with van der Waals surface area (Å²) in [6.45, 7) is 4.11. The van der Waals surface area contributed by atoms with Gasteiger partial charge in [-0.25, -0.2) is 4.79 Å². The zero-order valence-electron chi connectivity index (χ0n) is 17.4. The fraction of sp³-hybridized carbons (Fsp3) is 0.571. The molecule has 1 atom stereocenters. The van der Waals surface area contributed by atoms with Crippen molar-refractivity contribution in [2.45, 2.75) is 31.7 Å². The van der Waals surface area contributed by atoms with Crippen molar-refractivity contribution in [3.05, 3.63) is 29.8 Å². The van der Waals surface area contributed by atoms with Crippen LogP contribution in [0, 0.1) is 5.92 Å². The van der Waals surface area contributed by atoms with Crippen molar-refractivity contribution in [1.82, 2.24) is 20.4 Å². The quantitative estimate of drug-likeness (QED) is 0.671. The van der Waals surface area contributed by atoms with Gasteiger partial charge in [0.2, 0.25) is 5.91 Å². The van der Waals surface area contributed by atoms with E-state index in [1.807, 2.05) is 0 Å². The summed E-state index contributed by atoms with van der Waals surface area (Å²) >= 11 is 0. The third kappa shape index (κ3) is 4.70. The maximum Gasteiger partial charge on any atom is 0.325 e. The molecule has 2 aliphatic heterocycles. The van der Waals surface area contributed by atoms with Crippen molar-refractivity contribution in [2.75, 3.05) is 40.3 Å². The largest absolute Gasteiger partial charge is 0.497 e. The lowest BCUT2D eigenvalue weighted by Crippen LogP contribution is -2.43. The van der Waals surface area contributed by atoms with Crippen LogP contribution in [-0.4, -0.2) is 68.0 Å². The minimum absolute atomic E-state index is 0.274. The molecule has 2 heterocycles. The van der Waals surface area contributed by atoms with Gasteiger partial charge in [0.1, 0.15) is 17.8 Å². The molecule has 0 aliphatic carbocycles. The molecule has 29 heavy (non-hydrogen) atoms. The van der Waals surface area contributed by atoms with E-state index in [9.17, 15) is 14.4 Å². The van der Waals surface area contributed by atoms with E-state index in [0.717, 1.165) is 37.3 Å². The smallest absolute Gasteiger partial charge is 0.325 e. The van der Waals surface area contributed by atoms with E-state index in [4.69, 9.17) is 4.74 Å². The number of carbonyl (C=O) groups excluding carboxylic acids is 3. The van der Waals surface area contributed by atoms with E-state index >= 15 is 0 Å². The van der Waals surface area contributed by atoms with Crippen molar-refractivity contribution < 1.29 is 19.1 Å². The molecule has 2 aliphatic rings. The molecule has 8 heteroatoms. The van der Waals surface area contributed by atoms with Crippen LogP contribution in [0.4, 0.5) is 4.79 Å². The molecule has 0 spiro atoms. The van der Waals surface area contributed by atoms with Crippen LogP contribution in [0.25, 0.3) is 0 Å². The van der Waals surface area contributed by atoms with Crippen molar-refractivity contribution in [2.24, 2.45) is 5.92 Å². The van der Waals surface area contributed by atoms with Gasteiger partial charge in [0.25, 0.3) is 5.91 Å². The Morgan fingerprint density at radius 1 is 1.24 bits per heavy atom. The van der Waals surface area contributed by atoms with Gasteiger partial charge in [0.15, 0.2) is 0 Å². The van der Waals surface area contributed by atoms with Gasteiger partial charge in [-0.3, -0.25) is 14.5 Å². The number of benzene rings is 1. The molecule has 158 valence electrons. The van der Waals surface area contributed by atoms with Crippen LogP contribution < -0.4 is 15.4 Å². The van der Waals surface area contributed by atoms with Crippen LogP contribution in [0.15, 0.2) is 24.3 Å². The molecule has 2 fully saturated rings. The first-order valence-corrected chi connectivity index (χ1v) is 10.1. The normalized spacial score (nSPS) is 23.2. The topological polar surface area (TPSA) is 91.0 Å². The molecule has 4 amide bonds. The number of carbonyl (C=O) groups is 3. The third-order valence-corrected chi connectivity index (χ3v) is 5.96. The number of nitrogens with one attached hydrogen (secondary N) is 2. The van der Waals surface area contributed by atoms with Gasteiger partial charge in [-0.2, -0.15) is 0 Å². The SMILES string of the molecule is COc1ccc(C2(C)NC(=O)N(CC(=O)NCCC3CCN(C)CC3)C2=O)cc1. The number of piperidine rings is 1. The summed E-state index contributed by atoms with van der Waals surface area (Å²) in [5, 5.41) is 5.56. The van der Waals surface area contributed by atoms with Crippen LogP contribution in [-0.2, 0) is 15.1 Å². The highest BCUT2D eigenvalue weighted by Crippen LogP contribution is 2.29. The summed E-state index contributed by atoms with van der Waals surface area (Å²) in [6, 6.07) is 6.39. The standard InChI is InChI=1S/C21H30N4O4/c1-21(16-4-6-17(29-3)7-5-16)19(27)25(20(28)23-21)14-18(26)22-11-8-15-9-12-24(2)13-10-15/h4-7,15H,8-14H2,1-3H3,(H,22,26)(H,23,28). The van der Waals surface area contributed by atoms with Crippen LogP contribution in [0.1, 0.15) is 31.7 Å². The summed E-state index contributed by atoms with van der Waals surface area (Å²) in [5.41, 5.74) is -0.556. The highest BCUT2D eigenvalue weighted by Gasteiger charge is 2.49. The van der Waals surface area contributed by atoms with Crippen molar-refractivity contribution in [3.63, 3.8) is 0 Å². The summed E-state index contributed by atoms with van der Waals surface area (Å²) < 4.78 is 5.13. The second kappa shape index (κ2) is 8.82. The first kappa shape index (κ1) is 21.1. The second-order valence-corrected chi connectivity index (χ2v) is 8.06. The Morgan fingerprint density at radius 3 is 2.52 bits per heavy atom. The Morgan fingerprint density at radius 2 is 1.90 bits per heavy atom. The second-order valence-electron chi connectivity index (χ2n) is 8.06. The van der Waals surface area contributed by atoms with Crippen molar-refractivity contribution in [3.8, 4) is 5.75 Å². The molecule has 0 radical (unpaired) electrons. The number of urea groups is 1. The van der Waals surface area contributed by atoms with E-state index < -0.39 is 17.5 Å². The number of ether oxygens (including phenoxy) is 1. The molecule has 0 saturated carbocycles. The minimum atomic E-state index is -1.20. The molecular weight excluding hydrogens is 372 g/mol. The number of hydrogen-bond acceptors (Lipinski definition) is 5. The maximum atomic E-state index is 12.9. The molecule has 8 nitrogen and oxygen atoms in total. The third-order valence-electron chi connectivity index (χ3n) is 5.96. The summed E-state index contributed by atoms with van der Waals surface area (Å²) in [7, 11) is 3.68. The fourth-order valence-corrected chi connectivity index (χ4v) is 3.93. The maximum absolute atomic E-state index is 12.9. The van der Waals surface area contributed by atoms with E-state index in [1.54, 1.807) is 38.3 Å². The molecule has 1 aromatic rings. The van der Waals surface area contributed by atoms with Gasteiger partial charge >= 0.3 is 6.03 Å². The van der Waals surface area contributed by atoms with Gasteiger partial charge in [0.05, 0.1) is 7.11 Å². The Balaban J connectivity index is 1.53. The Hall–Kier alpha value is -2.61. The lowest BCUT2D eigenvalue weighted by molar-refractivity contribution is -0.134. The summed E-state index contributed by atoms with van der Waals surface area (Å²) in [4.78, 5) is 40.9. The number of likely N-dealkylation sites (tertiary alicyclic amines) is 1. The van der Waals surface area contributed by atoms with Crippen LogP contribution >= 0.6 is 0 Å². The Labute approximate surface area is 171 Å². The first-order chi connectivity index (χ1) is 13.8. The number of imide groups is 1. The van der Waals surface area contributed by atoms with Crippen LogP contribution in [0.3, 0.4) is 0 Å². The molecule has 2 N–H and O–H groups in total. The number of nitrogens with zero attached hydrogens (tertiary/aromatic N) is 2. The molecule has 1 aromatic carbocycles. The number of hydrogen-bond donors (Lipinski definition) is 2. The Kier molecular flexibility index (Phi) is 6.42. The van der Waals surface area contributed by atoms with Crippen LogP contribution in [0.5, 0.6) is 5.75 Å². The monoisotopic (exact) mass is 402 g/mol. The fourth-order valence-electron chi connectivity index (χ4n) is 3.93. The first-order valence-electron chi connectivity index (χ1n) is 10.1. The highest BCUT2D eigenvalue weighted by molar-refractivity contribution is 6.09. The molecule has 1 unspecified atom stereocenters. The lowest BCUT2D eigenvalue weighted by Gasteiger charge is -2.28. The zero-order valence-corrected chi connectivity index (χ0v) is 17.4. The van der Waals surface area contributed by atoms with Gasteiger partial charge in [0, 0.05) is 6.54 Å². The molecule has 0 aromatic heterocycles. The van der Waals surface area contributed by atoms with Gasteiger partial charge in [-0.05, 0) is 69.9 Å². The lowest BCUT2D eigenvalue weighted by atomic mass is 9.92. The predicted molar refractivity (Wildman–Crippen MR) is 108 cm³/mol. The van der Waals surface area contributed by atoms with E-state index in [-0.39, 0.29) is 12.5 Å². The van der Waals surface area contributed by atoms with E-state index in [0.29, 0.717) is 23.8 Å². The highest BCUT2D eigenvalue weighted by atomic mass is 16.5. The van der Waals surface area contributed by atoms with Crippen molar-refractivity contribution in [1.29, 1.82) is 0 Å². The van der Waals surface area contributed by atoms with E-state index in [1.165, 1.54) is 0 Å². The van der Waals surface area contributed by atoms with Crippen molar-refractivity contribution >= 4 is 17.8 Å². The summed E-state index contributed by atoms with van der Waals surface area (Å²) in [5.74, 6) is 0.523. The average Bonchev–Trinajstić information content (AvgIpc) is 2.93. The van der Waals surface area contributed by atoms with Gasteiger partial charge in [-0.1, -0.05) is 12.1 Å². The van der Waals surface area contributed by atoms with Gasteiger partial charge in [-0.15, -0.1) is 0 Å².